The first-order valence-electron chi connectivity index (χ1n) is 6.28. The van der Waals surface area contributed by atoms with Gasteiger partial charge in [-0.1, -0.05) is 17.2 Å². The van der Waals surface area contributed by atoms with Crippen LogP contribution in [0.15, 0.2) is 36.4 Å². The predicted octanol–water partition coefficient (Wildman–Crippen LogP) is 4.14. The highest BCUT2D eigenvalue weighted by atomic mass is 19.4. The third-order valence-electron chi connectivity index (χ3n) is 3.11. The van der Waals surface area contributed by atoms with Crippen LogP contribution in [0.4, 0.5) is 18.9 Å². The van der Waals surface area contributed by atoms with Crippen molar-refractivity contribution < 1.29 is 18.0 Å². The topological polar surface area (TPSA) is 43.1 Å². The number of halogens is 3. The van der Waals surface area contributed by atoms with Gasteiger partial charge in [0, 0.05) is 16.8 Å². The van der Waals surface area contributed by atoms with E-state index in [0.29, 0.717) is 5.56 Å². The van der Waals surface area contributed by atoms with Gasteiger partial charge < -0.3 is 5.73 Å². The molecule has 2 N–H and O–H groups in total. The molecule has 0 fully saturated rings. The number of rotatable bonds is 2. The van der Waals surface area contributed by atoms with Crippen LogP contribution in [0.3, 0.4) is 0 Å². The zero-order valence-electron chi connectivity index (χ0n) is 11.6. The summed E-state index contributed by atoms with van der Waals surface area (Å²) in [5, 5.41) is 0. The normalized spacial score (nSPS) is 11.5. The Hall–Kier alpha value is -2.30. The van der Waals surface area contributed by atoms with Gasteiger partial charge in [0.15, 0.2) is 5.78 Å². The Labute approximate surface area is 120 Å². The average Bonchev–Trinajstić information content (AvgIpc) is 2.36. The second kappa shape index (κ2) is 5.24. The lowest BCUT2D eigenvalue weighted by Gasteiger charge is -2.11. The molecule has 0 heterocycles. The van der Waals surface area contributed by atoms with Crippen LogP contribution in [0.25, 0.3) is 0 Å². The molecule has 0 aliphatic heterocycles. The van der Waals surface area contributed by atoms with Gasteiger partial charge in [-0.3, -0.25) is 4.79 Å². The highest BCUT2D eigenvalue weighted by Crippen LogP contribution is 2.32. The minimum Gasteiger partial charge on any atom is -0.398 e. The van der Waals surface area contributed by atoms with E-state index in [1.54, 1.807) is 12.1 Å². The number of anilines is 1. The zero-order chi connectivity index (χ0) is 15.8. The van der Waals surface area contributed by atoms with Crippen LogP contribution in [0.1, 0.15) is 32.6 Å². The number of hydrogen-bond donors (Lipinski definition) is 1. The number of nitrogens with two attached hydrogens (primary N) is 1. The van der Waals surface area contributed by atoms with Gasteiger partial charge in [-0.15, -0.1) is 0 Å². The average molecular weight is 293 g/mol. The molecule has 2 aromatic rings. The van der Waals surface area contributed by atoms with Crippen LogP contribution in [0, 0.1) is 13.8 Å². The lowest BCUT2D eigenvalue weighted by Crippen LogP contribution is -2.11. The van der Waals surface area contributed by atoms with Gasteiger partial charge in [-0.05, 0) is 44.2 Å². The van der Waals surface area contributed by atoms with Crippen LogP contribution in [-0.2, 0) is 6.18 Å². The summed E-state index contributed by atoms with van der Waals surface area (Å²) in [5.74, 6) is -0.509. The van der Waals surface area contributed by atoms with E-state index >= 15 is 0 Å². The molecule has 0 radical (unpaired) electrons. The summed E-state index contributed by atoms with van der Waals surface area (Å²) in [7, 11) is 0. The molecule has 0 unspecified atom stereocenters. The third-order valence-corrected chi connectivity index (χ3v) is 3.11. The van der Waals surface area contributed by atoms with Crippen molar-refractivity contribution in [1.82, 2.24) is 0 Å². The zero-order valence-corrected chi connectivity index (χ0v) is 11.6. The van der Waals surface area contributed by atoms with Crippen LogP contribution in [0.2, 0.25) is 0 Å². The van der Waals surface area contributed by atoms with E-state index in [0.717, 1.165) is 29.3 Å². The lowest BCUT2D eigenvalue weighted by atomic mass is 9.97. The number of benzene rings is 2. The lowest BCUT2D eigenvalue weighted by molar-refractivity contribution is -0.137. The molecule has 2 rings (SSSR count). The molecule has 0 aliphatic carbocycles. The SMILES string of the molecule is Cc1cc(C)cc(C(=O)c2cc(C(F)(F)F)ccc2N)c1. The number of hydrogen-bond acceptors (Lipinski definition) is 2. The summed E-state index contributed by atoms with van der Waals surface area (Å²) >= 11 is 0. The molecule has 21 heavy (non-hydrogen) atoms. The van der Waals surface area contributed by atoms with Crippen LogP contribution in [-0.4, -0.2) is 5.78 Å². The maximum Gasteiger partial charge on any atom is 0.416 e. The Balaban J connectivity index is 2.52. The standard InChI is InChI=1S/C16H14F3NO/c1-9-5-10(2)7-11(6-9)15(21)13-8-12(16(17,18)19)3-4-14(13)20/h3-8H,20H2,1-2H3. The van der Waals surface area contributed by atoms with E-state index in [-0.39, 0.29) is 11.3 Å². The molecule has 0 aromatic heterocycles. The molecular formula is C16H14F3NO. The number of carbonyl (C=O) groups excluding carboxylic acids is 1. The maximum absolute atomic E-state index is 12.7. The summed E-state index contributed by atoms with van der Waals surface area (Å²) in [6.45, 7) is 3.64. The summed E-state index contributed by atoms with van der Waals surface area (Å²) in [4.78, 5) is 12.4. The molecule has 0 saturated heterocycles. The Morgan fingerprint density at radius 2 is 1.57 bits per heavy atom. The molecule has 0 aliphatic rings. The highest BCUT2D eigenvalue weighted by Gasteiger charge is 2.31. The summed E-state index contributed by atoms with van der Waals surface area (Å²) < 4.78 is 38.2. The van der Waals surface area contributed by atoms with Crippen molar-refractivity contribution in [2.45, 2.75) is 20.0 Å². The third kappa shape index (κ3) is 3.24. The first-order valence-corrected chi connectivity index (χ1v) is 6.28. The Morgan fingerprint density at radius 1 is 1.00 bits per heavy atom. The molecule has 0 amide bonds. The van der Waals surface area contributed by atoms with Gasteiger partial charge in [0.25, 0.3) is 0 Å². The fourth-order valence-corrected chi connectivity index (χ4v) is 2.19. The number of carbonyl (C=O) groups is 1. The summed E-state index contributed by atoms with van der Waals surface area (Å²) in [6.07, 6.45) is -4.51. The largest absolute Gasteiger partial charge is 0.416 e. The van der Waals surface area contributed by atoms with Crippen molar-refractivity contribution in [2.75, 3.05) is 5.73 Å². The van der Waals surface area contributed by atoms with Gasteiger partial charge in [0.05, 0.1) is 5.56 Å². The van der Waals surface area contributed by atoms with E-state index < -0.39 is 17.5 Å². The van der Waals surface area contributed by atoms with Crippen molar-refractivity contribution >= 4 is 11.5 Å². The van der Waals surface area contributed by atoms with Gasteiger partial charge in [-0.2, -0.15) is 13.2 Å². The minimum absolute atomic E-state index is 0.0344. The van der Waals surface area contributed by atoms with Gasteiger partial charge >= 0.3 is 6.18 Å². The first-order chi connectivity index (χ1) is 9.68. The second-order valence-electron chi connectivity index (χ2n) is 5.01. The monoisotopic (exact) mass is 293 g/mol. The van der Waals surface area contributed by atoms with Crippen molar-refractivity contribution in [2.24, 2.45) is 0 Å². The Bertz CT molecular complexity index is 685. The molecule has 2 aromatic carbocycles. The molecule has 0 saturated carbocycles. The van der Waals surface area contributed by atoms with Gasteiger partial charge in [0.2, 0.25) is 0 Å². The molecule has 5 heteroatoms. The van der Waals surface area contributed by atoms with Gasteiger partial charge in [-0.25, -0.2) is 0 Å². The van der Waals surface area contributed by atoms with Crippen molar-refractivity contribution in [3.05, 3.63) is 64.2 Å². The van der Waals surface area contributed by atoms with Crippen molar-refractivity contribution in [3.63, 3.8) is 0 Å². The van der Waals surface area contributed by atoms with E-state index in [9.17, 15) is 18.0 Å². The Morgan fingerprint density at radius 3 is 2.10 bits per heavy atom. The van der Waals surface area contributed by atoms with Gasteiger partial charge in [0.1, 0.15) is 0 Å². The fourth-order valence-electron chi connectivity index (χ4n) is 2.19. The molecule has 0 bridgehead atoms. The predicted molar refractivity (Wildman–Crippen MR) is 75.2 cm³/mol. The van der Waals surface area contributed by atoms with Crippen molar-refractivity contribution in [3.8, 4) is 0 Å². The van der Waals surface area contributed by atoms with Crippen molar-refractivity contribution in [1.29, 1.82) is 0 Å². The number of ketones is 1. The Kier molecular flexibility index (Phi) is 3.77. The fraction of sp³-hybridized carbons (Fsp3) is 0.188. The highest BCUT2D eigenvalue weighted by molar-refractivity contribution is 6.12. The number of aryl methyl sites for hydroxylation is 2. The summed E-state index contributed by atoms with van der Waals surface area (Å²) in [6, 6.07) is 7.93. The summed E-state index contributed by atoms with van der Waals surface area (Å²) in [5.41, 5.74) is 6.74. The first kappa shape index (κ1) is 15.1. The van der Waals surface area contributed by atoms with Crippen LogP contribution >= 0.6 is 0 Å². The molecule has 0 spiro atoms. The quantitative estimate of drug-likeness (QED) is 0.668. The molecule has 110 valence electrons. The molecule has 2 nitrogen and oxygen atoms in total. The van der Waals surface area contributed by atoms with E-state index in [4.69, 9.17) is 5.73 Å². The second-order valence-corrected chi connectivity index (χ2v) is 5.01. The number of nitrogen functional groups attached to an aromatic ring is 1. The van der Waals surface area contributed by atoms with E-state index in [1.807, 2.05) is 19.9 Å². The van der Waals surface area contributed by atoms with E-state index in [1.165, 1.54) is 0 Å². The minimum atomic E-state index is -4.51. The smallest absolute Gasteiger partial charge is 0.398 e. The number of alkyl halides is 3. The van der Waals surface area contributed by atoms with E-state index in [2.05, 4.69) is 0 Å². The van der Waals surface area contributed by atoms with Crippen LogP contribution < -0.4 is 5.73 Å². The van der Waals surface area contributed by atoms with Crippen LogP contribution in [0.5, 0.6) is 0 Å². The molecular weight excluding hydrogens is 279 g/mol. The molecule has 0 atom stereocenters. The maximum atomic E-state index is 12.7.